The highest BCUT2D eigenvalue weighted by atomic mass is 19.3. The molecule has 5 heteroatoms. The highest BCUT2D eigenvalue weighted by Gasteiger charge is 2.14. The third-order valence-electron chi connectivity index (χ3n) is 2.67. The summed E-state index contributed by atoms with van der Waals surface area (Å²) in [6.07, 6.45) is 2.87. The third-order valence-corrected chi connectivity index (χ3v) is 2.67. The molecule has 0 fully saturated rings. The molecule has 112 valence electrons. The van der Waals surface area contributed by atoms with Crippen molar-refractivity contribution in [1.82, 2.24) is 5.32 Å². The minimum Gasteiger partial charge on any atom is -0.493 e. The van der Waals surface area contributed by atoms with Gasteiger partial charge >= 0.3 is 6.61 Å². The molecule has 0 aliphatic rings. The van der Waals surface area contributed by atoms with E-state index >= 15 is 0 Å². The number of para-hydroxylation sites is 1. The fraction of sp³-hybridized carbons (Fsp3) is 0.467. The first-order valence-corrected chi connectivity index (χ1v) is 6.58. The second-order valence-electron chi connectivity index (χ2n) is 4.42. The molecular weight excluding hydrogens is 264 g/mol. The first-order valence-electron chi connectivity index (χ1n) is 6.58. The standard InChI is InChI=1S/C15H21F2NO2/c1-4-8-18-10-11(2)9-12-6-5-7-13(19-3)14(12)20-15(16)17/h5-7,9,15,18H,4,8,10H2,1-3H3. The third kappa shape index (κ3) is 5.17. The van der Waals surface area contributed by atoms with Crippen LogP contribution in [0.3, 0.4) is 0 Å². The van der Waals surface area contributed by atoms with Crippen LogP contribution in [0.5, 0.6) is 11.5 Å². The van der Waals surface area contributed by atoms with Gasteiger partial charge in [0.05, 0.1) is 7.11 Å². The lowest BCUT2D eigenvalue weighted by molar-refractivity contribution is -0.0513. The lowest BCUT2D eigenvalue weighted by atomic mass is 10.1. The number of ether oxygens (including phenoxy) is 2. The maximum Gasteiger partial charge on any atom is 0.387 e. The molecular formula is C15H21F2NO2. The van der Waals surface area contributed by atoms with Crippen molar-refractivity contribution >= 4 is 6.08 Å². The minimum absolute atomic E-state index is 0.0693. The maximum absolute atomic E-state index is 12.5. The Bertz CT molecular complexity index is 447. The molecule has 0 unspecified atom stereocenters. The van der Waals surface area contributed by atoms with E-state index in [9.17, 15) is 8.78 Å². The van der Waals surface area contributed by atoms with E-state index in [-0.39, 0.29) is 5.75 Å². The van der Waals surface area contributed by atoms with Crippen LogP contribution in [0.15, 0.2) is 23.8 Å². The molecule has 0 aliphatic carbocycles. The average Bonchev–Trinajstić information content (AvgIpc) is 2.40. The van der Waals surface area contributed by atoms with Gasteiger partial charge in [-0.3, -0.25) is 0 Å². The number of nitrogens with one attached hydrogen (secondary N) is 1. The summed E-state index contributed by atoms with van der Waals surface area (Å²) in [7, 11) is 1.43. The molecule has 0 saturated carbocycles. The first kappa shape index (κ1) is 16.4. The van der Waals surface area contributed by atoms with Crippen molar-refractivity contribution in [2.24, 2.45) is 0 Å². The van der Waals surface area contributed by atoms with Gasteiger partial charge in [0, 0.05) is 12.1 Å². The zero-order chi connectivity index (χ0) is 15.0. The van der Waals surface area contributed by atoms with Gasteiger partial charge in [0.25, 0.3) is 0 Å². The van der Waals surface area contributed by atoms with Crippen LogP contribution in [0.25, 0.3) is 6.08 Å². The molecule has 0 spiro atoms. The van der Waals surface area contributed by atoms with Gasteiger partial charge in [0.1, 0.15) is 0 Å². The van der Waals surface area contributed by atoms with Crippen LogP contribution in [0.4, 0.5) is 8.78 Å². The van der Waals surface area contributed by atoms with Gasteiger partial charge in [-0.1, -0.05) is 30.7 Å². The van der Waals surface area contributed by atoms with E-state index in [0.29, 0.717) is 17.9 Å². The van der Waals surface area contributed by atoms with Crippen LogP contribution in [0, 0.1) is 0 Å². The number of rotatable bonds is 8. The van der Waals surface area contributed by atoms with Gasteiger partial charge in [-0.25, -0.2) is 0 Å². The Morgan fingerprint density at radius 3 is 2.75 bits per heavy atom. The lowest BCUT2D eigenvalue weighted by Crippen LogP contribution is -2.16. The topological polar surface area (TPSA) is 30.5 Å². The molecule has 1 aromatic rings. The minimum atomic E-state index is -2.88. The monoisotopic (exact) mass is 285 g/mol. The summed E-state index contributed by atoms with van der Waals surface area (Å²) in [5, 5.41) is 3.26. The molecule has 0 atom stereocenters. The highest BCUT2D eigenvalue weighted by Crippen LogP contribution is 2.33. The van der Waals surface area contributed by atoms with Crippen LogP contribution in [0.1, 0.15) is 25.8 Å². The number of methoxy groups -OCH3 is 1. The molecule has 1 rings (SSSR count). The fourth-order valence-corrected chi connectivity index (χ4v) is 1.80. The Hall–Kier alpha value is -1.62. The fourth-order valence-electron chi connectivity index (χ4n) is 1.80. The molecule has 0 heterocycles. The molecule has 0 saturated heterocycles. The van der Waals surface area contributed by atoms with Crippen LogP contribution >= 0.6 is 0 Å². The van der Waals surface area contributed by atoms with Gasteiger partial charge in [-0.05, 0) is 26.0 Å². The van der Waals surface area contributed by atoms with Crippen molar-refractivity contribution in [3.63, 3.8) is 0 Å². The SMILES string of the molecule is CCCNCC(C)=Cc1cccc(OC)c1OC(F)F. The molecule has 0 radical (unpaired) electrons. The smallest absolute Gasteiger partial charge is 0.387 e. The lowest BCUT2D eigenvalue weighted by Gasteiger charge is -2.13. The van der Waals surface area contributed by atoms with Crippen LogP contribution in [-0.2, 0) is 0 Å². The van der Waals surface area contributed by atoms with Crippen molar-refractivity contribution in [3.05, 3.63) is 29.3 Å². The molecule has 0 aromatic heterocycles. The zero-order valence-corrected chi connectivity index (χ0v) is 12.1. The van der Waals surface area contributed by atoms with E-state index in [1.165, 1.54) is 7.11 Å². The zero-order valence-electron chi connectivity index (χ0n) is 12.1. The summed E-state index contributed by atoms with van der Waals surface area (Å²) in [4.78, 5) is 0. The number of halogens is 2. The van der Waals surface area contributed by atoms with Crippen molar-refractivity contribution in [2.75, 3.05) is 20.2 Å². The number of benzene rings is 1. The maximum atomic E-state index is 12.5. The molecule has 1 N–H and O–H groups in total. The summed E-state index contributed by atoms with van der Waals surface area (Å²) in [5.41, 5.74) is 1.62. The van der Waals surface area contributed by atoms with E-state index in [4.69, 9.17) is 4.74 Å². The molecule has 0 bridgehead atoms. The normalized spacial score (nSPS) is 11.8. The highest BCUT2D eigenvalue weighted by molar-refractivity contribution is 5.64. The number of alkyl halides is 2. The first-order chi connectivity index (χ1) is 9.58. The summed E-state index contributed by atoms with van der Waals surface area (Å²) in [6.45, 7) is 2.77. The van der Waals surface area contributed by atoms with E-state index in [1.54, 1.807) is 18.2 Å². The molecule has 0 aliphatic heterocycles. The second kappa shape index (κ2) is 8.53. The van der Waals surface area contributed by atoms with Gasteiger partial charge in [-0.15, -0.1) is 0 Å². The van der Waals surface area contributed by atoms with Crippen molar-refractivity contribution in [1.29, 1.82) is 0 Å². The molecule has 1 aromatic carbocycles. The van der Waals surface area contributed by atoms with Crippen molar-refractivity contribution in [3.8, 4) is 11.5 Å². The van der Waals surface area contributed by atoms with Gasteiger partial charge in [0.15, 0.2) is 11.5 Å². The van der Waals surface area contributed by atoms with Crippen LogP contribution in [0.2, 0.25) is 0 Å². The van der Waals surface area contributed by atoms with Crippen molar-refractivity contribution in [2.45, 2.75) is 26.9 Å². The Labute approximate surface area is 118 Å². The summed E-state index contributed by atoms with van der Waals surface area (Å²) in [6, 6.07) is 5.07. The van der Waals surface area contributed by atoms with E-state index in [0.717, 1.165) is 18.5 Å². The molecule has 20 heavy (non-hydrogen) atoms. The quantitative estimate of drug-likeness (QED) is 0.739. The van der Waals surface area contributed by atoms with Crippen molar-refractivity contribution < 1.29 is 18.3 Å². The largest absolute Gasteiger partial charge is 0.493 e. The van der Waals surface area contributed by atoms with Gasteiger partial charge in [0.2, 0.25) is 0 Å². The van der Waals surface area contributed by atoms with E-state index in [1.807, 2.05) is 13.0 Å². The van der Waals surface area contributed by atoms with E-state index < -0.39 is 6.61 Å². The Balaban J connectivity index is 2.95. The van der Waals surface area contributed by atoms with Crippen LogP contribution in [-0.4, -0.2) is 26.8 Å². The summed E-state index contributed by atoms with van der Waals surface area (Å²) in [5.74, 6) is 0.369. The number of hydrogen-bond donors (Lipinski definition) is 1. The molecule has 0 amide bonds. The Kier molecular flexibility index (Phi) is 7.01. The second-order valence-corrected chi connectivity index (χ2v) is 4.42. The molecule has 3 nitrogen and oxygen atoms in total. The number of hydrogen-bond acceptors (Lipinski definition) is 3. The van der Waals surface area contributed by atoms with Gasteiger partial charge < -0.3 is 14.8 Å². The Morgan fingerprint density at radius 1 is 1.40 bits per heavy atom. The average molecular weight is 285 g/mol. The summed E-state index contributed by atoms with van der Waals surface area (Å²) < 4.78 is 34.6. The Morgan fingerprint density at radius 2 is 2.15 bits per heavy atom. The predicted octanol–water partition coefficient (Wildman–Crippen LogP) is 3.70. The van der Waals surface area contributed by atoms with Gasteiger partial charge in [-0.2, -0.15) is 8.78 Å². The predicted molar refractivity (Wildman–Crippen MR) is 76.4 cm³/mol. The van der Waals surface area contributed by atoms with Crippen LogP contribution < -0.4 is 14.8 Å². The van der Waals surface area contributed by atoms with E-state index in [2.05, 4.69) is 17.0 Å². The summed E-state index contributed by atoms with van der Waals surface area (Å²) >= 11 is 0.